The predicted octanol–water partition coefficient (Wildman–Crippen LogP) is 1.18. The Hall–Kier alpha value is -1.03. The average Bonchev–Trinajstić information content (AvgIpc) is 2.29. The normalized spacial score (nSPS) is 14.4. The van der Waals surface area contributed by atoms with Crippen molar-refractivity contribution >= 4 is 5.82 Å². The minimum Gasteiger partial charge on any atom is -0.391 e. The monoisotopic (exact) mass is 197 g/mol. The average molecular weight is 197 g/mol. The van der Waals surface area contributed by atoms with E-state index >= 15 is 0 Å². The third-order valence-electron chi connectivity index (χ3n) is 2.34. The summed E-state index contributed by atoms with van der Waals surface area (Å²) in [6.45, 7) is 8.38. The minimum atomic E-state index is -0.416. The molecule has 3 N–H and O–H groups in total. The summed E-state index contributed by atoms with van der Waals surface area (Å²) in [5, 5.41) is 13.9. The standard InChI is InChI=1S/C10H19N3O/c1-7-5-13(12-9(7)11)6-8(14)10(2,3)4/h5,8,14H,6H2,1-4H3,(H2,11,12). The Morgan fingerprint density at radius 2 is 2.14 bits per heavy atom. The molecule has 0 saturated heterocycles. The van der Waals surface area contributed by atoms with E-state index in [0.717, 1.165) is 5.56 Å². The number of aromatic nitrogens is 2. The van der Waals surface area contributed by atoms with Crippen LogP contribution in [0.1, 0.15) is 26.3 Å². The molecule has 4 heteroatoms. The van der Waals surface area contributed by atoms with E-state index < -0.39 is 6.10 Å². The zero-order valence-electron chi connectivity index (χ0n) is 9.28. The van der Waals surface area contributed by atoms with Gasteiger partial charge in [0.25, 0.3) is 0 Å². The quantitative estimate of drug-likeness (QED) is 0.748. The van der Waals surface area contributed by atoms with Gasteiger partial charge < -0.3 is 10.8 Å². The first-order chi connectivity index (χ1) is 6.30. The van der Waals surface area contributed by atoms with Gasteiger partial charge in [0.2, 0.25) is 0 Å². The fourth-order valence-corrected chi connectivity index (χ4v) is 1.08. The summed E-state index contributed by atoms with van der Waals surface area (Å²) in [7, 11) is 0. The van der Waals surface area contributed by atoms with Crippen molar-refractivity contribution in [2.24, 2.45) is 5.41 Å². The van der Waals surface area contributed by atoms with Gasteiger partial charge in [0.1, 0.15) is 5.82 Å². The second kappa shape index (κ2) is 3.61. The van der Waals surface area contributed by atoms with Gasteiger partial charge in [-0.1, -0.05) is 20.8 Å². The Morgan fingerprint density at radius 3 is 2.50 bits per heavy atom. The molecule has 0 aromatic carbocycles. The van der Waals surface area contributed by atoms with Crippen LogP contribution in [0.15, 0.2) is 6.20 Å². The summed E-state index contributed by atoms with van der Waals surface area (Å²) < 4.78 is 1.70. The molecule has 80 valence electrons. The third-order valence-corrected chi connectivity index (χ3v) is 2.34. The first-order valence-electron chi connectivity index (χ1n) is 4.78. The van der Waals surface area contributed by atoms with E-state index in [0.29, 0.717) is 12.4 Å². The topological polar surface area (TPSA) is 64.1 Å². The van der Waals surface area contributed by atoms with E-state index in [2.05, 4.69) is 5.10 Å². The summed E-state index contributed by atoms with van der Waals surface area (Å²) in [5.41, 5.74) is 6.43. The molecule has 4 nitrogen and oxygen atoms in total. The van der Waals surface area contributed by atoms with E-state index in [1.165, 1.54) is 0 Å². The highest BCUT2D eigenvalue weighted by molar-refractivity contribution is 5.35. The molecule has 0 spiro atoms. The molecule has 14 heavy (non-hydrogen) atoms. The van der Waals surface area contributed by atoms with E-state index in [-0.39, 0.29) is 5.41 Å². The number of hydrogen-bond acceptors (Lipinski definition) is 3. The molecule has 0 aliphatic heterocycles. The molecular formula is C10H19N3O. The lowest BCUT2D eigenvalue weighted by Crippen LogP contribution is -2.30. The van der Waals surface area contributed by atoms with Gasteiger partial charge in [-0.25, -0.2) is 0 Å². The maximum atomic E-state index is 9.84. The second-order valence-corrected chi connectivity index (χ2v) is 4.80. The Kier molecular flexibility index (Phi) is 2.85. The lowest BCUT2D eigenvalue weighted by Gasteiger charge is -2.25. The Morgan fingerprint density at radius 1 is 1.57 bits per heavy atom. The Labute approximate surface area is 84.7 Å². The summed E-state index contributed by atoms with van der Waals surface area (Å²) in [6, 6.07) is 0. The van der Waals surface area contributed by atoms with Crippen LogP contribution in [0.5, 0.6) is 0 Å². The van der Waals surface area contributed by atoms with Crippen LogP contribution in [0.2, 0.25) is 0 Å². The molecule has 0 fully saturated rings. The molecule has 0 aliphatic carbocycles. The number of aliphatic hydroxyl groups is 1. The smallest absolute Gasteiger partial charge is 0.148 e. The SMILES string of the molecule is Cc1cn(CC(O)C(C)(C)C)nc1N. The number of hydrogen-bond donors (Lipinski definition) is 2. The molecule has 1 heterocycles. The maximum absolute atomic E-state index is 9.84. The molecule has 0 bridgehead atoms. The summed E-state index contributed by atoms with van der Waals surface area (Å²) >= 11 is 0. The second-order valence-electron chi connectivity index (χ2n) is 4.80. The predicted molar refractivity (Wildman–Crippen MR) is 56.8 cm³/mol. The van der Waals surface area contributed by atoms with E-state index in [4.69, 9.17) is 5.73 Å². The zero-order chi connectivity index (χ0) is 10.9. The fraction of sp³-hybridized carbons (Fsp3) is 0.700. The van der Waals surface area contributed by atoms with Crippen LogP contribution in [0.4, 0.5) is 5.82 Å². The van der Waals surface area contributed by atoms with Crippen LogP contribution in [0.3, 0.4) is 0 Å². The van der Waals surface area contributed by atoms with Crippen LogP contribution < -0.4 is 5.73 Å². The number of nitrogens with two attached hydrogens (primary N) is 1. The summed E-state index contributed by atoms with van der Waals surface area (Å²) in [5.74, 6) is 0.533. The Bertz CT molecular complexity index is 292. The van der Waals surface area contributed by atoms with Crippen molar-refractivity contribution in [2.45, 2.75) is 40.3 Å². The lowest BCUT2D eigenvalue weighted by molar-refractivity contribution is 0.0451. The molecule has 0 amide bonds. The summed E-state index contributed by atoms with van der Waals surface area (Å²) in [4.78, 5) is 0. The van der Waals surface area contributed by atoms with E-state index in [1.807, 2.05) is 33.9 Å². The van der Waals surface area contributed by atoms with Crippen molar-refractivity contribution < 1.29 is 5.11 Å². The van der Waals surface area contributed by atoms with Crippen molar-refractivity contribution in [3.8, 4) is 0 Å². The fourth-order valence-electron chi connectivity index (χ4n) is 1.08. The first-order valence-corrected chi connectivity index (χ1v) is 4.78. The van der Waals surface area contributed by atoms with Crippen LogP contribution in [0.25, 0.3) is 0 Å². The van der Waals surface area contributed by atoms with Crippen molar-refractivity contribution in [1.82, 2.24) is 9.78 Å². The molecule has 1 atom stereocenters. The molecule has 1 rings (SSSR count). The van der Waals surface area contributed by atoms with Crippen LogP contribution in [-0.4, -0.2) is 21.0 Å². The highest BCUT2D eigenvalue weighted by Gasteiger charge is 2.22. The van der Waals surface area contributed by atoms with Crippen LogP contribution in [0, 0.1) is 12.3 Å². The van der Waals surface area contributed by atoms with E-state index in [1.54, 1.807) is 4.68 Å². The molecule has 0 aliphatic rings. The first kappa shape index (κ1) is 11.0. The molecule has 0 radical (unpaired) electrons. The van der Waals surface area contributed by atoms with Gasteiger partial charge in [0.15, 0.2) is 0 Å². The number of aryl methyl sites for hydroxylation is 1. The number of rotatable bonds is 2. The van der Waals surface area contributed by atoms with Gasteiger partial charge in [-0.3, -0.25) is 4.68 Å². The number of anilines is 1. The van der Waals surface area contributed by atoms with E-state index in [9.17, 15) is 5.11 Å². The van der Waals surface area contributed by atoms with Crippen molar-refractivity contribution in [3.63, 3.8) is 0 Å². The number of aliphatic hydroxyl groups excluding tert-OH is 1. The highest BCUT2D eigenvalue weighted by Crippen LogP contribution is 2.20. The zero-order valence-corrected chi connectivity index (χ0v) is 9.28. The molecule has 1 unspecified atom stereocenters. The minimum absolute atomic E-state index is 0.130. The molecule has 0 saturated carbocycles. The van der Waals surface area contributed by atoms with Gasteiger partial charge in [0.05, 0.1) is 12.6 Å². The highest BCUT2D eigenvalue weighted by atomic mass is 16.3. The van der Waals surface area contributed by atoms with Crippen molar-refractivity contribution in [1.29, 1.82) is 0 Å². The van der Waals surface area contributed by atoms with Crippen LogP contribution >= 0.6 is 0 Å². The molecule has 1 aromatic rings. The number of nitrogens with zero attached hydrogens (tertiary/aromatic N) is 2. The molecular weight excluding hydrogens is 178 g/mol. The van der Waals surface area contributed by atoms with Gasteiger partial charge in [-0.2, -0.15) is 5.10 Å². The van der Waals surface area contributed by atoms with Gasteiger partial charge >= 0.3 is 0 Å². The molecule has 1 aromatic heterocycles. The van der Waals surface area contributed by atoms with Gasteiger partial charge in [0, 0.05) is 11.8 Å². The van der Waals surface area contributed by atoms with Crippen LogP contribution in [-0.2, 0) is 6.54 Å². The largest absolute Gasteiger partial charge is 0.391 e. The van der Waals surface area contributed by atoms with Crippen molar-refractivity contribution in [2.75, 3.05) is 5.73 Å². The number of nitrogen functional groups attached to an aromatic ring is 1. The summed E-state index contributed by atoms with van der Waals surface area (Å²) in [6.07, 6.45) is 1.44. The Balaban J connectivity index is 2.70. The van der Waals surface area contributed by atoms with Crippen molar-refractivity contribution in [3.05, 3.63) is 11.8 Å². The third kappa shape index (κ3) is 2.48. The lowest BCUT2D eigenvalue weighted by atomic mass is 9.89. The van der Waals surface area contributed by atoms with Gasteiger partial charge in [-0.05, 0) is 12.3 Å². The maximum Gasteiger partial charge on any atom is 0.148 e. The van der Waals surface area contributed by atoms with Gasteiger partial charge in [-0.15, -0.1) is 0 Å².